The molecular weight excluding hydrogens is 217 g/mol. The van der Waals surface area contributed by atoms with Crippen LogP contribution in [0, 0.1) is 19.7 Å². The molecule has 0 bridgehead atoms. The number of aryl methyl sites for hydroxylation is 2. The van der Waals surface area contributed by atoms with E-state index in [0.717, 1.165) is 11.1 Å². The van der Waals surface area contributed by atoms with E-state index >= 15 is 0 Å². The number of hydrogen-bond donors (Lipinski definition) is 1. The number of aromatic nitrogens is 1. The van der Waals surface area contributed by atoms with Crippen molar-refractivity contribution in [3.8, 4) is 0 Å². The Kier molecular flexibility index (Phi) is 3.20. The largest absolute Gasteiger partial charge is 0.384 e. The number of nitrogens with zero attached hydrogens (tertiary/aromatic N) is 1. The number of rotatable bonds is 2. The molecular formula is C14H14FNO. The van der Waals surface area contributed by atoms with E-state index in [4.69, 9.17) is 0 Å². The third-order valence-corrected chi connectivity index (χ3v) is 2.59. The first-order chi connectivity index (χ1) is 8.06. The van der Waals surface area contributed by atoms with Crippen molar-refractivity contribution in [1.82, 2.24) is 4.98 Å². The molecule has 88 valence electrons. The van der Waals surface area contributed by atoms with Crippen LogP contribution in [0.3, 0.4) is 0 Å². The Morgan fingerprint density at radius 2 is 1.71 bits per heavy atom. The third-order valence-electron chi connectivity index (χ3n) is 2.59. The Balaban J connectivity index is 2.39. The van der Waals surface area contributed by atoms with Crippen molar-refractivity contribution in [2.45, 2.75) is 20.0 Å². The molecule has 0 amide bonds. The van der Waals surface area contributed by atoms with Crippen molar-refractivity contribution >= 4 is 0 Å². The van der Waals surface area contributed by atoms with Gasteiger partial charge < -0.3 is 5.11 Å². The van der Waals surface area contributed by atoms with Crippen molar-refractivity contribution in [2.75, 3.05) is 0 Å². The highest BCUT2D eigenvalue weighted by Crippen LogP contribution is 2.23. The summed E-state index contributed by atoms with van der Waals surface area (Å²) in [5.41, 5.74) is 2.99. The van der Waals surface area contributed by atoms with Crippen LogP contribution in [-0.2, 0) is 0 Å². The van der Waals surface area contributed by atoms with Gasteiger partial charge in [-0.1, -0.05) is 12.1 Å². The minimum atomic E-state index is -0.836. The Labute approximate surface area is 99.8 Å². The van der Waals surface area contributed by atoms with E-state index in [2.05, 4.69) is 4.98 Å². The minimum absolute atomic E-state index is 0.334. The molecule has 0 aliphatic carbocycles. The topological polar surface area (TPSA) is 33.1 Å². The Morgan fingerprint density at radius 3 is 2.35 bits per heavy atom. The summed E-state index contributed by atoms with van der Waals surface area (Å²) in [5.74, 6) is -0.334. The molecule has 3 heteroatoms. The second-order valence-corrected chi connectivity index (χ2v) is 4.26. The van der Waals surface area contributed by atoms with Crippen LogP contribution in [0.4, 0.5) is 4.39 Å². The molecule has 1 heterocycles. The van der Waals surface area contributed by atoms with Crippen molar-refractivity contribution in [3.05, 3.63) is 64.7 Å². The SMILES string of the molecule is Cc1cncc(C(O)c2cc(C)cc(F)c2)c1. The molecule has 0 saturated carbocycles. The normalized spacial score (nSPS) is 12.5. The molecule has 0 aliphatic heterocycles. The third kappa shape index (κ3) is 2.68. The van der Waals surface area contributed by atoms with E-state index in [9.17, 15) is 9.50 Å². The zero-order valence-electron chi connectivity index (χ0n) is 9.81. The van der Waals surface area contributed by atoms with Crippen LogP contribution in [0.15, 0.2) is 36.7 Å². The number of halogens is 1. The van der Waals surface area contributed by atoms with Crippen LogP contribution in [0.25, 0.3) is 0 Å². The summed E-state index contributed by atoms with van der Waals surface area (Å²) in [6.45, 7) is 3.70. The maximum atomic E-state index is 13.3. The van der Waals surface area contributed by atoms with E-state index in [1.54, 1.807) is 25.4 Å². The quantitative estimate of drug-likeness (QED) is 0.862. The molecule has 1 N–H and O–H groups in total. The lowest BCUT2D eigenvalue weighted by molar-refractivity contribution is 0.219. The van der Waals surface area contributed by atoms with Crippen LogP contribution >= 0.6 is 0 Å². The maximum absolute atomic E-state index is 13.3. The van der Waals surface area contributed by atoms with E-state index in [-0.39, 0.29) is 5.82 Å². The molecule has 0 saturated heterocycles. The molecule has 1 aromatic carbocycles. The van der Waals surface area contributed by atoms with Crippen LogP contribution in [-0.4, -0.2) is 10.1 Å². The van der Waals surface area contributed by atoms with Gasteiger partial charge in [-0.2, -0.15) is 0 Å². The van der Waals surface area contributed by atoms with E-state index in [1.807, 2.05) is 13.0 Å². The minimum Gasteiger partial charge on any atom is -0.384 e. The summed E-state index contributed by atoms with van der Waals surface area (Å²) in [5, 5.41) is 10.2. The van der Waals surface area contributed by atoms with Gasteiger partial charge in [0, 0.05) is 18.0 Å². The van der Waals surface area contributed by atoms with Crippen molar-refractivity contribution in [2.24, 2.45) is 0 Å². The molecule has 0 aliphatic rings. The zero-order chi connectivity index (χ0) is 12.4. The van der Waals surface area contributed by atoms with Gasteiger partial charge in [0.05, 0.1) is 0 Å². The van der Waals surface area contributed by atoms with Crippen LogP contribution < -0.4 is 0 Å². The molecule has 0 fully saturated rings. The van der Waals surface area contributed by atoms with Crippen molar-refractivity contribution in [3.63, 3.8) is 0 Å². The van der Waals surface area contributed by atoms with Gasteiger partial charge >= 0.3 is 0 Å². The van der Waals surface area contributed by atoms with Gasteiger partial charge in [-0.3, -0.25) is 4.98 Å². The molecule has 0 radical (unpaired) electrons. The molecule has 1 unspecified atom stereocenters. The Morgan fingerprint density at radius 1 is 1.00 bits per heavy atom. The zero-order valence-corrected chi connectivity index (χ0v) is 9.81. The standard InChI is InChI=1S/C14H14FNO/c1-9-3-11(6-13(15)5-9)14(17)12-4-10(2)7-16-8-12/h3-8,14,17H,1-2H3. The van der Waals surface area contributed by atoms with Gasteiger partial charge in [0.2, 0.25) is 0 Å². The summed E-state index contributed by atoms with van der Waals surface area (Å²) in [6.07, 6.45) is 2.47. The smallest absolute Gasteiger partial charge is 0.123 e. The number of benzene rings is 1. The molecule has 2 nitrogen and oxygen atoms in total. The molecule has 1 aromatic heterocycles. The predicted molar refractivity (Wildman–Crippen MR) is 64.2 cm³/mol. The Hall–Kier alpha value is -1.74. The maximum Gasteiger partial charge on any atom is 0.123 e. The lowest BCUT2D eigenvalue weighted by atomic mass is 10.0. The summed E-state index contributed by atoms with van der Waals surface area (Å²) < 4.78 is 13.3. The highest BCUT2D eigenvalue weighted by atomic mass is 19.1. The summed E-state index contributed by atoms with van der Waals surface area (Å²) in [7, 11) is 0. The molecule has 0 spiro atoms. The van der Waals surface area contributed by atoms with Gasteiger partial charge in [-0.05, 0) is 42.7 Å². The molecule has 1 atom stereocenters. The van der Waals surface area contributed by atoms with E-state index < -0.39 is 6.10 Å². The van der Waals surface area contributed by atoms with Crippen LogP contribution in [0.2, 0.25) is 0 Å². The lowest BCUT2D eigenvalue weighted by Gasteiger charge is -2.12. The van der Waals surface area contributed by atoms with E-state index in [1.165, 1.54) is 12.1 Å². The lowest BCUT2D eigenvalue weighted by Crippen LogP contribution is -2.01. The van der Waals surface area contributed by atoms with Crippen LogP contribution in [0.5, 0.6) is 0 Å². The van der Waals surface area contributed by atoms with Gasteiger partial charge in [0.25, 0.3) is 0 Å². The molecule has 17 heavy (non-hydrogen) atoms. The van der Waals surface area contributed by atoms with Crippen molar-refractivity contribution < 1.29 is 9.50 Å². The second-order valence-electron chi connectivity index (χ2n) is 4.26. The number of pyridine rings is 1. The van der Waals surface area contributed by atoms with Gasteiger partial charge in [-0.15, -0.1) is 0 Å². The predicted octanol–water partition coefficient (Wildman–Crippen LogP) is 2.92. The van der Waals surface area contributed by atoms with Gasteiger partial charge in [0.15, 0.2) is 0 Å². The molecule has 2 aromatic rings. The number of aliphatic hydroxyl groups excluding tert-OH is 1. The van der Waals surface area contributed by atoms with Crippen LogP contribution in [0.1, 0.15) is 28.4 Å². The fourth-order valence-corrected chi connectivity index (χ4v) is 1.84. The summed E-state index contributed by atoms with van der Waals surface area (Å²) in [6, 6.07) is 6.40. The number of aliphatic hydroxyl groups is 1. The molecule has 2 rings (SSSR count). The fraction of sp³-hybridized carbons (Fsp3) is 0.214. The fourth-order valence-electron chi connectivity index (χ4n) is 1.84. The first-order valence-corrected chi connectivity index (χ1v) is 5.43. The van der Waals surface area contributed by atoms with E-state index in [0.29, 0.717) is 11.1 Å². The Bertz CT molecular complexity index is 519. The summed E-state index contributed by atoms with van der Waals surface area (Å²) in [4.78, 5) is 4.02. The second kappa shape index (κ2) is 4.63. The highest BCUT2D eigenvalue weighted by molar-refractivity contribution is 5.32. The van der Waals surface area contributed by atoms with Crippen molar-refractivity contribution in [1.29, 1.82) is 0 Å². The van der Waals surface area contributed by atoms with Gasteiger partial charge in [0.1, 0.15) is 11.9 Å². The monoisotopic (exact) mass is 231 g/mol. The first kappa shape index (κ1) is 11.7. The summed E-state index contributed by atoms with van der Waals surface area (Å²) >= 11 is 0. The number of hydrogen-bond acceptors (Lipinski definition) is 2. The average Bonchev–Trinajstić information content (AvgIpc) is 2.26. The van der Waals surface area contributed by atoms with Gasteiger partial charge in [-0.25, -0.2) is 4.39 Å². The average molecular weight is 231 g/mol. The highest BCUT2D eigenvalue weighted by Gasteiger charge is 2.12. The first-order valence-electron chi connectivity index (χ1n) is 5.43.